The summed E-state index contributed by atoms with van der Waals surface area (Å²) in [4.78, 5) is 10.3. The monoisotopic (exact) mass is 174 g/mol. The highest BCUT2D eigenvalue weighted by atomic mass is 16.4. The second-order valence-electron chi connectivity index (χ2n) is 3.28. The molecule has 0 radical (unpaired) electrons. The summed E-state index contributed by atoms with van der Waals surface area (Å²) >= 11 is 0. The van der Waals surface area contributed by atoms with Crippen molar-refractivity contribution in [2.45, 2.75) is 39.0 Å². The lowest BCUT2D eigenvalue weighted by molar-refractivity contribution is -0.138. The van der Waals surface area contributed by atoms with Gasteiger partial charge in [0.05, 0.1) is 0 Å². The van der Waals surface area contributed by atoms with E-state index in [-0.39, 0.29) is 18.9 Å². The van der Waals surface area contributed by atoms with Gasteiger partial charge in [-0.1, -0.05) is 26.2 Å². The predicted octanol–water partition coefficient (Wildman–Crippen LogP) is 1.65. The Balaban J connectivity index is 3.19. The van der Waals surface area contributed by atoms with Crippen molar-refractivity contribution in [3.8, 4) is 0 Å². The topological polar surface area (TPSA) is 57.5 Å². The van der Waals surface area contributed by atoms with Gasteiger partial charge in [-0.25, -0.2) is 0 Å². The van der Waals surface area contributed by atoms with Gasteiger partial charge in [-0.15, -0.1) is 0 Å². The number of aliphatic hydroxyl groups excluding tert-OH is 1. The summed E-state index contributed by atoms with van der Waals surface area (Å²) in [6.45, 7) is 2.19. The second-order valence-corrected chi connectivity index (χ2v) is 3.28. The van der Waals surface area contributed by atoms with Crippen molar-refractivity contribution in [2.75, 3.05) is 6.61 Å². The van der Waals surface area contributed by atoms with Crippen LogP contribution in [0.15, 0.2) is 0 Å². The van der Waals surface area contributed by atoms with Gasteiger partial charge in [0.2, 0.25) is 0 Å². The zero-order chi connectivity index (χ0) is 9.40. The van der Waals surface area contributed by atoms with E-state index in [0.29, 0.717) is 0 Å². The lowest BCUT2D eigenvalue weighted by atomic mass is 10.0. The molecule has 0 bridgehead atoms. The van der Waals surface area contributed by atoms with Crippen LogP contribution in [0.5, 0.6) is 0 Å². The average molecular weight is 174 g/mol. The van der Waals surface area contributed by atoms with Crippen LogP contribution in [0, 0.1) is 5.92 Å². The van der Waals surface area contributed by atoms with E-state index in [9.17, 15) is 4.79 Å². The lowest BCUT2D eigenvalue weighted by Gasteiger charge is -2.06. The third-order valence-electron chi connectivity index (χ3n) is 1.88. The summed E-state index contributed by atoms with van der Waals surface area (Å²) in [5, 5.41) is 16.9. The fourth-order valence-corrected chi connectivity index (χ4v) is 1.18. The van der Waals surface area contributed by atoms with Crippen LogP contribution in [0.2, 0.25) is 0 Å². The first-order valence-electron chi connectivity index (χ1n) is 4.49. The quantitative estimate of drug-likeness (QED) is 0.577. The molecule has 12 heavy (non-hydrogen) atoms. The zero-order valence-corrected chi connectivity index (χ0v) is 7.62. The number of carboxylic acid groups (broad SMARTS) is 1. The van der Waals surface area contributed by atoms with Crippen molar-refractivity contribution in [2.24, 2.45) is 5.92 Å². The Kier molecular flexibility index (Phi) is 6.76. The van der Waals surface area contributed by atoms with Crippen molar-refractivity contribution >= 4 is 5.97 Å². The predicted molar refractivity (Wildman–Crippen MR) is 47.0 cm³/mol. The minimum atomic E-state index is -0.718. The molecule has 3 heteroatoms. The van der Waals surface area contributed by atoms with E-state index in [1.165, 1.54) is 0 Å². The Labute approximate surface area is 73.4 Å². The molecule has 0 fully saturated rings. The number of aliphatic carboxylic acids is 1. The van der Waals surface area contributed by atoms with E-state index >= 15 is 0 Å². The van der Waals surface area contributed by atoms with E-state index in [4.69, 9.17) is 10.2 Å². The van der Waals surface area contributed by atoms with E-state index in [1.807, 2.05) is 6.92 Å². The van der Waals surface area contributed by atoms with Crippen LogP contribution in [-0.2, 0) is 4.79 Å². The molecule has 0 aromatic heterocycles. The van der Waals surface area contributed by atoms with Crippen LogP contribution in [-0.4, -0.2) is 22.8 Å². The Hall–Kier alpha value is -0.570. The Morgan fingerprint density at radius 2 is 2.00 bits per heavy atom. The minimum Gasteiger partial charge on any atom is -0.481 e. The van der Waals surface area contributed by atoms with Gasteiger partial charge in [-0.05, 0) is 12.3 Å². The summed E-state index contributed by atoms with van der Waals surface area (Å²) in [5.41, 5.74) is 0. The molecule has 0 saturated carbocycles. The highest BCUT2D eigenvalue weighted by Gasteiger charge is 2.06. The summed E-state index contributed by atoms with van der Waals surface area (Å²) in [5.74, 6) is -0.453. The third-order valence-corrected chi connectivity index (χ3v) is 1.88. The van der Waals surface area contributed by atoms with Crippen molar-refractivity contribution in [1.82, 2.24) is 0 Å². The first-order valence-corrected chi connectivity index (χ1v) is 4.49. The Bertz CT molecular complexity index is 123. The van der Waals surface area contributed by atoms with E-state index in [0.717, 1.165) is 25.7 Å². The van der Waals surface area contributed by atoms with Crippen LogP contribution >= 0.6 is 0 Å². The number of unbranched alkanes of at least 4 members (excludes halogenated alkanes) is 2. The van der Waals surface area contributed by atoms with Gasteiger partial charge in [-0.3, -0.25) is 4.79 Å². The molecular weight excluding hydrogens is 156 g/mol. The number of aliphatic hydroxyl groups is 1. The maximum absolute atomic E-state index is 10.3. The molecule has 0 rings (SSSR count). The van der Waals surface area contributed by atoms with Gasteiger partial charge in [0.1, 0.15) is 0 Å². The summed E-state index contributed by atoms with van der Waals surface area (Å²) in [6, 6.07) is 0. The largest absolute Gasteiger partial charge is 0.481 e. The Morgan fingerprint density at radius 3 is 2.50 bits per heavy atom. The maximum atomic E-state index is 10.3. The molecule has 1 atom stereocenters. The number of hydrogen-bond acceptors (Lipinski definition) is 2. The smallest absolute Gasteiger partial charge is 0.303 e. The molecule has 0 aliphatic carbocycles. The first kappa shape index (κ1) is 11.4. The molecule has 0 aliphatic heterocycles. The van der Waals surface area contributed by atoms with Crippen LogP contribution in [0.1, 0.15) is 39.0 Å². The van der Waals surface area contributed by atoms with Crippen LogP contribution in [0.4, 0.5) is 0 Å². The molecule has 72 valence electrons. The molecule has 1 unspecified atom stereocenters. The second kappa shape index (κ2) is 7.10. The number of rotatable bonds is 7. The van der Waals surface area contributed by atoms with Gasteiger partial charge >= 0.3 is 5.97 Å². The molecule has 0 aliphatic rings. The third kappa shape index (κ3) is 7.54. The fraction of sp³-hybridized carbons (Fsp3) is 0.889. The van der Waals surface area contributed by atoms with E-state index in [2.05, 4.69) is 0 Å². The molecule has 0 saturated heterocycles. The SMILES string of the molecule is CC(CCCCCO)CC(=O)O. The Morgan fingerprint density at radius 1 is 1.33 bits per heavy atom. The van der Waals surface area contributed by atoms with Crippen molar-refractivity contribution < 1.29 is 15.0 Å². The van der Waals surface area contributed by atoms with Crippen molar-refractivity contribution in [3.63, 3.8) is 0 Å². The van der Waals surface area contributed by atoms with Crippen molar-refractivity contribution in [3.05, 3.63) is 0 Å². The number of hydrogen-bond donors (Lipinski definition) is 2. The molecule has 3 nitrogen and oxygen atoms in total. The lowest BCUT2D eigenvalue weighted by Crippen LogP contribution is -2.03. The fourth-order valence-electron chi connectivity index (χ4n) is 1.18. The van der Waals surface area contributed by atoms with Crippen LogP contribution in [0.25, 0.3) is 0 Å². The van der Waals surface area contributed by atoms with Gasteiger partial charge < -0.3 is 10.2 Å². The van der Waals surface area contributed by atoms with E-state index < -0.39 is 5.97 Å². The van der Waals surface area contributed by atoms with Gasteiger partial charge in [0, 0.05) is 13.0 Å². The molecule has 0 heterocycles. The highest BCUT2D eigenvalue weighted by molar-refractivity contribution is 5.66. The summed E-state index contributed by atoms with van der Waals surface area (Å²) in [7, 11) is 0. The highest BCUT2D eigenvalue weighted by Crippen LogP contribution is 2.12. The zero-order valence-electron chi connectivity index (χ0n) is 7.62. The van der Waals surface area contributed by atoms with Gasteiger partial charge in [0.25, 0.3) is 0 Å². The van der Waals surface area contributed by atoms with Crippen LogP contribution < -0.4 is 0 Å². The molecule has 0 aromatic carbocycles. The summed E-state index contributed by atoms with van der Waals surface area (Å²) < 4.78 is 0. The van der Waals surface area contributed by atoms with E-state index in [1.54, 1.807) is 0 Å². The van der Waals surface area contributed by atoms with Gasteiger partial charge in [-0.2, -0.15) is 0 Å². The molecule has 2 N–H and O–H groups in total. The minimum absolute atomic E-state index is 0.243. The van der Waals surface area contributed by atoms with Crippen LogP contribution in [0.3, 0.4) is 0 Å². The summed E-state index contributed by atoms with van der Waals surface area (Å²) in [6.07, 6.45) is 4.07. The van der Waals surface area contributed by atoms with Gasteiger partial charge in [0.15, 0.2) is 0 Å². The first-order chi connectivity index (χ1) is 5.66. The standard InChI is InChI=1S/C9H18O3/c1-8(7-9(11)12)5-3-2-4-6-10/h8,10H,2-7H2,1H3,(H,11,12). The molecule has 0 amide bonds. The maximum Gasteiger partial charge on any atom is 0.303 e. The molecule has 0 spiro atoms. The number of carbonyl (C=O) groups is 1. The average Bonchev–Trinajstić information content (AvgIpc) is 1.97. The molecule has 0 aromatic rings. The molecular formula is C9H18O3. The van der Waals surface area contributed by atoms with Crippen molar-refractivity contribution in [1.29, 1.82) is 0 Å². The number of carboxylic acids is 1. The normalized spacial score (nSPS) is 12.8.